The Morgan fingerprint density at radius 2 is 1.38 bits per heavy atom. The van der Waals surface area contributed by atoms with E-state index in [0.717, 1.165) is 0 Å². The van der Waals surface area contributed by atoms with Crippen molar-refractivity contribution in [2.45, 2.75) is 20.2 Å². The summed E-state index contributed by atoms with van der Waals surface area (Å²) in [4.78, 5) is 13.1. The van der Waals surface area contributed by atoms with Gasteiger partial charge in [-0.1, -0.05) is 36.4 Å². The fourth-order valence-corrected chi connectivity index (χ4v) is 7.48. The smallest absolute Gasteiger partial charge is 0.283 e. The zero-order valence-corrected chi connectivity index (χ0v) is 19.5. The van der Waals surface area contributed by atoms with Crippen molar-refractivity contribution in [2.75, 3.05) is 4.72 Å². The van der Waals surface area contributed by atoms with E-state index in [9.17, 15) is 21.6 Å². The highest BCUT2D eigenvalue weighted by molar-refractivity contribution is 7.96. The molecule has 166 valence electrons. The monoisotopic (exact) mass is 489 g/mol. The van der Waals surface area contributed by atoms with Gasteiger partial charge in [0.2, 0.25) is 9.84 Å². The first-order valence-corrected chi connectivity index (χ1v) is 13.2. The lowest BCUT2D eigenvalue weighted by molar-refractivity contribution is 0.597. The van der Waals surface area contributed by atoms with Crippen LogP contribution in [0, 0.1) is 6.92 Å². The number of nitrogens with one attached hydrogen (secondary N) is 1. The summed E-state index contributed by atoms with van der Waals surface area (Å²) in [5.74, 6) is 0. The lowest BCUT2D eigenvalue weighted by atomic mass is 10.3. The maximum Gasteiger partial charge on any atom is 0.296 e. The van der Waals surface area contributed by atoms with E-state index in [2.05, 4.69) is 4.72 Å². The van der Waals surface area contributed by atoms with Crippen LogP contribution in [0.2, 0.25) is 0 Å². The lowest BCUT2D eigenvalue weighted by Gasteiger charge is -2.07. The number of sulfone groups is 1. The van der Waals surface area contributed by atoms with E-state index in [1.165, 1.54) is 28.9 Å². The summed E-state index contributed by atoms with van der Waals surface area (Å²) < 4.78 is 56.5. The summed E-state index contributed by atoms with van der Waals surface area (Å²) >= 11 is 0.626. The molecule has 2 aromatic heterocycles. The first kappa shape index (κ1) is 22.1. The highest BCUT2D eigenvalue weighted by atomic mass is 32.3. The van der Waals surface area contributed by atoms with Gasteiger partial charge in [0.15, 0.2) is 0 Å². The molecule has 4 aromatic rings. The second kappa shape index (κ2) is 8.08. The highest BCUT2D eigenvalue weighted by Crippen LogP contribution is 2.31. The molecule has 0 aliphatic carbocycles. The molecule has 11 heteroatoms. The molecule has 0 saturated heterocycles. The average molecular weight is 490 g/mol. The maximum absolute atomic E-state index is 13.0. The van der Waals surface area contributed by atoms with E-state index >= 15 is 0 Å². The van der Waals surface area contributed by atoms with Gasteiger partial charge < -0.3 is 0 Å². The molecule has 0 spiro atoms. The number of rotatable bonds is 6. The molecule has 4 rings (SSSR count). The molecule has 0 aliphatic rings. The third-order valence-corrected chi connectivity index (χ3v) is 10.1. The van der Waals surface area contributed by atoms with E-state index in [1.807, 2.05) is 6.07 Å². The van der Waals surface area contributed by atoms with Crippen LogP contribution in [0.15, 0.2) is 90.9 Å². The first-order chi connectivity index (χ1) is 15.1. The molecule has 0 unspecified atom stereocenters. The lowest BCUT2D eigenvalue weighted by Crippen LogP contribution is -2.22. The van der Waals surface area contributed by atoms with Gasteiger partial charge in [0.05, 0.1) is 16.3 Å². The van der Waals surface area contributed by atoms with E-state index in [-0.39, 0.29) is 19.0 Å². The molecule has 0 amide bonds. The molecule has 0 aliphatic heterocycles. The van der Waals surface area contributed by atoms with Crippen LogP contribution >= 0.6 is 11.3 Å². The predicted molar refractivity (Wildman–Crippen MR) is 123 cm³/mol. The molecule has 0 atom stereocenters. The van der Waals surface area contributed by atoms with Gasteiger partial charge in [0.25, 0.3) is 15.6 Å². The molecule has 2 aromatic carbocycles. The molecular weight excluding hydrogens is 470 g/mol. The Morgan fingerprint density at radius 3 is 2.00 bits per heavy atom. The number of para-hydroxylation sites is 1. The second-order valence-corrected chi connectivity index (χ2v) is 12.1. The summed E-state index contributed by atoms with van der Waals surface area (Å²) in [6, 6.07) is 19.1. The summed E-state index contributed by atoms with van der Waals surface area (Å²) in [6.45, 7) is 1.62. The van der Waals surface area contributed by atoms with Gasteiger partial charge in [-0.25, -0.2) is 21.5 Å². The molecular formula is C21H19N3O5S3. The van der Waals surface area contributed by atoms with Crippen LogP contribution in [0.25, 0.3) is 5.69 Å². The van der Waals surface area contributed by atoms with Crippen molar-refractivity contribution in [2.24, 2.45) is 7.05 Å². The van der Waals surface area contributed by atoms with Crippen LogP contribution in [0.4, 0.5) is 5.69 Å². The van der Waals surface area contributed by atoms with E-state index in [4.69, 9.17) is 0 Å². The summed E-state index contributed by atoms with van der Waals surface area (Å²) in [7, 11) is -6.39. The van der Waals surface area contributed by atoms with Crippen LogP contribution < -0.4 is 10.3 Å². The minimum Gasteiger partial charge on any atom is -0.283 e. The van der Waals surface area contributed by atoms with Crippen molar-refractivity contribution in [3.05, 3.63) is 88.8 Å². The summed E-state index contributed by atoms with van der Waals surface area (Å²) in [6.07, 6.45) is 0. The normalized spacial score (nSPS) is 12.1. The van der Waals surface area contributed by atoms with Gasteiger partial charge in [-0.05, 0) is 43.3 Å². The van der Waals surface area contributed by atoms with Crippen molar-refractivity contribution >= 4 is 36.9 Å². The fraction of sp³-hybridized carbons (Fsp3) is 0.0952. The molecule has 0 fully saturated rings. The Kier molecular flexibility index (Phi) is 5.57. The molecule has 1 N–H and O–H groups in total. The maximum atomic E-state index is 13.0. The Morgan fingerprint density at radius 1 is 0.812 bits per heavy atom. The zero-order chi connectivity index (χ0) is 23.1. The third kappa shape index (κ3) is 3.78. The predicted octanol–water partition coefficient (Wildman–Crippen LogP) is 3.18. The second-order valence-electron chi connectivity index (χ2n) is 6.93. The van der Waals surface area contributed by atoms with Crippen LogP contribution in [0.1, 0.15) is 5.69 Å². The average Bonchev–Trinajstić information content (AvgIpc) is 3.37. The van der Waals surface area contributed by atoms with Gasteiger partial charge in [-0.15, -0.1) is 11.3 Å². The van der Waals surface area contributed by atoms with Gasteiger partial charge in [0.1, 0.15) is 14.1 Å². The largest absolute Gasteiger partial charge is 0.296 e. The Balaban J connectivity index is 1.71. The number of hydrogen-bond acceptors (Lipinski definition) is 6. The molecule has 0 bridgehead atoms. The zero-order valence-electron chi connectivity index (χ0n) is 17.1. The molecule has 2 heterocycles. The Labute approximate surface area is 189 Å². The summed E-state index contributed by atoms with van der Waals surface area (Å²) in [5.41, 5.74) is 0.364. The number of aromatic nitrogens is 2. The van der Waals surface area contributed by atoms with Crippen LogP contribution in [-0.2, 0) is 26.9 Å². The van der Waals surface area contributed by atoms with Crippen molar-refractivity contribution in [3.8, 4) is 5.69 Å². The summed E-state index contributed by atoms with van der Waals surface area (Å²) in [5, 5.41) is 0. The van der Waals surface area contributed by atoms with Gasteiger partial charge in [-0.3, -0.25) is 14.2 Å². The molecule has 0 saturated carbocycles. The number of anilines is 1. The number of nitrogens with zero attached hydrogens (tertiary/aromatic N) is 2. The minimum absolute atomic E-state index is 0.0726. The fourth-order valence-electron chi connectivity index (χ4n) is 3.18. The molecule has 8 nitrogen and oxygen atoms in total. The van der Waals surface area contributed by atoms with Crippen molar-refractivity contribution in [1.29, 1.82) is 0 Å². The molecule has 32 heavy (non-hydrogen) atoms. The van der Waals surface area contributed by atoms with E-state index in [0.29, 0.717) is 22.7 Å². The molecule has 0 radical (unpaired) electrons. The van der Waals surface area contributed by atoms with Gasteiger partial charge in [-0.2, -0.15) is 0 Å². The van der Waals surface area contributed by atoms with E-state index < -0.39 is 25.4 Å². The van der Waals surface area contributed by atoms with Crippen LogP contribution in [-0.4, -0.2) is 26.2 Å². The number of benzene rings is 2. The topological polar surface area (TPSA) is 107 Å². The first-order valence-electron chi connectivity index (χ1n) is 9.40. The Bertz CT molecular complexity index is 1550. The highest BCUT2D eigenvalue weighted by Gasteiger charge is 2.27. The van der Waals surface area contributed by atoms with Crippen molar-refractivity contribution in [1.82, 2.24) is 9.36 Å². The SMILES string of the molecule is Cc1c(NS(=O)(=O)c2ccc(S(=O)(=O)c3ccccc3)s2)c(=O)n(-c2ccccc2)n1C. The number of thiophene rings is 1. The van der Waals surface area contributed by atoms with Gasteiger partial charge >= 0.3 is 0 Å². The minimum atomic E-state index is -4.19. The third-order valence-electron chi connectivity index (χ3n) is 4.93. The van der Waals surface area contributed by atoms with Crippen molar-refractivity contribution in [3.63, 3.8) is 0 Å². The Hall–Kier alpha value is -3.15. The quantitative estimate of drug-likeness (QED) is 0.448. The standard InChI is InChI=1S/C21H19N3O5S3/c1-15-20(21(25)24(23(15)2)16-9-5-3-6-10-16)22-32(28,29)19-14-13-18(30-19)31(26,27)17-11-7-4-8-12-17/h3-14,22H,1-2H3. The van der Waals surface area contributed by atoms with Crippen LogP contribution in [0.5, 0.6) is 0 Å². The van der Waals surface area contributed by atoms with Crippen molar-refractivity contribution < 1.29 is 16.8 Å². The van der Waals surface area contributed by atoms with Crippen LogP contribution in [0.3, 0.4) is 0 Å². The number of sulfonamides is 1. The van der Waals surface area contributed by atoms with Gasteiger partial charge in [0, 0.05) is 7.05 Å². The van der Waals surface area contributed by atoms with E-state index in [1.54, 1.807) is 61.1 Å². The number of hydrogen-bond donors (Lipinski definition) is 1.